The monoisotopic (exact) mass is 523 g/mol. The van der Waals surface area contributed by atoms with Crippen LogP contribution in [0.1, 0.15) is 25.1 Å². The molecule has 0 saturated carbocycles. The molecule has 1 aliphatic heterocycles. The van der Waals surface area contributed by atoms with Gasteiger partial charge in [0.25, 0.3) is 0 Å². The highest BCUT2D eigenvalue weighted by Gasteiger charge is 2.24. The fourth-order valence-corrected chi connectivity index (χ4v) is 5.15. The van der Waals surface area contributed by atoms with Crippen LogP contribution in [0, 0.1) is 6.92 Å². The highest BCUT2D eigenvalue weighted by atomic mass is 32.2. The summed E-state index contributed by atoms with van der Waals surface area (Å²) in [6.45, 7) is 7.64. The predicted molar refractivity (Wildman–Crippen MR) is 144 cm³/mol. The summed E-state index contributed by atoms with van der Waals surface area (Å²) >= 11 is 0. The minimum absolute atomic E-state index is 0.0196. The number of nitrogens with one attached hydrogen (secondary N) is 1. The van der Waals surface area contributed by atoms with E-state index in [0.717, 1.165) is 22.7 Å². The summed E-state index contributed by atoms with van der Waals surface area (Å²) in [7, 11) is -1.69. The number of aryl methyl sites for hydroxylation is 1. The number of methoxy groups -OCH3 is 1. The van der Waals surface area contributed by atoms with Crippen molar-refractivity contribution in [3.05, 3.63) is 65.9 Å². The summed E-state index contributed by atoms with van der Waals surface area (Å²) in [6, 6.07) is 16.1. The predicted octanol–water partition coefficient (Wildman–Crippen LogP) is 3.61. The van der Waals surface area contributed by atoms with Gasteiger partial charge in [0.15, 0.2) is 9.84 Å². The SMILES string of the molecule is COc1ccc(Nc2cc(C)nc(N3CCN(C(=O)Cc4ccc(S(=O)(=O)C(C)C)cc4)CC3)n2)cc1. The zero-order valence-corrected chi connectivity index (χ0v) is 22.5. The molecule has 2 aromatic carbocycles. The molecule has 0 spiro atoms. The van der Waals surface area contributed by atoms with Crippen LogP contribution in [0.3, 0.4) is 0 Å². The standard InChI is InChI=1S/C27H33N5O4S/c1-19(2)37(34,35)24-11-5-21(6-12-24)18-26(33)31-13-15-32(16-14-31)27-28-20(3)17-25(30-27)29-22-7-9-23(36-4)10-8-22/h5-12,17,19H,13-16,18H2,1-4H3,(H,28,29,30). The van der Waals surface area contributed by atoms with Gasteiger partial charge in [-0.25, -0.2) is 13.4 Å². The van der Waals surface area contributed by atoms with Gasteiger partial charge in [-0.05, 0) is 62.7 Å². The molecule has 4 rings (SSSR count). The Bertz CT molecular complexity index is 1330. The quantitative estimate of drug-likeness (QED) is 0.478. The van der Waals surface area contributed by atoms with Crippen LogP contribution in [0.15, 0.2) is 59.5 Å². The van der Waals surface area contributed by atoms with Gasteiger partial charge in [-0.2, -0.15) is 4.98 Å². The highest BCUT2D eigenvalue weighted by Crippen LogP contribution is 2.22. The first-order valence-electron chi connectivity index (χ1n) is 12.3. The molecule has 1 amide bonds. The first kappa shape index (κ1) is 26.4. The molecule has 0 unspecified atom stereocenters. The maximum atomic E-state index is 12.9. The van der Waals surface area contributed by atoms with Gasteiger partial charge >= 0.3 is 0 Å². The average molecular weight is 524 g/mol. The Labute approximate surface area is 218 Å². The number of amides is 1. The molecule has 2 heterocycles. The summed E-state index contributed by atoms with van der Waals surface area (Å²) in [4.78, 5) is 26.4. The second-order valence-electron chi connectivity index (χ2n) is 9.33. The zero-order valence-electron chi connectivity index (χ0n) is 21.6. The van der Waals surface area contributed by atoms with E-state index in [0.29, 0.717) is 37.9 Å². The fraction of sp³-hybridized carbons (Fsp3) is 0.370. The topological polar surface area (TPSA) is 105 Å². The van der Waals surface area contributed by atoms with E-state index < -0.39 is 15.1 Å². The van der Waals surface area contributed by atoms with Crippen molar-refractivity contribution in [1.82, 2.24) is 14.9 Å². The van der Waals surface area contributed by atoms with Gasteiger partial charge in [0, 0.05) is 43.6 Å². The minimum atomic E-state index is -3.32. The molecule has 0 atom stereocenters. The summed E-state index contributed by atoms with van der Waals surface area (Å²) in [5.74, 6) is 2.14. The molecule has 1 aromatic heterocycles. The summed E-state index contributed by atoms with van der Waals surface area (Å²) in [5.41, 5.74) is 2.55. The van der Waals surface area contributed by atoms with Gasteiger partial charge in [0.2, 0.25) is 11.9 Å². The van der Waals surface area contributed by atoms with E-state index in [4.69, 9.17) is 9.72 Å². The first-order valence-corrected chi connectivity index (χ1v) is 13.8. The van der Waals surface area contributed by atoms with E-state index >= 15 is 0 Å². The largest absolute Gasteiger partial charge is 0.497 e. The van der Waals surface area contributed by atoms with Crippen LogP contribution in [-0.2, 0) is 21.1 Å². The number of carbonyl (C=O) groups is 1. The molecule has 1 N–H and O–H groups in total. The van der Waals surface area contributed by atoms with Crippen LogP contribution in [0.2, 0.25) is 0 Å². The summed E-state index contributed by atoms with van der Waals surface area (Å²) < 4.78 is 29.8. The molecule has 1 fully saturated rings. The lowest BCUT2D eigenvalue weighted by Crippen LogP contribution is -2.49. The van der Waals surface area contributed by atoms with Crippen LogP contribution in [0.25, 0.3) is 0 Å². The van der Waals surface area contributed by atoms with E-state index in [2.05, 4.69) is 15.2 Å². The van der Waals surface area contributed by atoms with Crippen molar-refractivity contribution in [2.24, 2.45) is 0 Å². The first-order chi connectivity index (χ1) is 17.7. The number of sulfone groups is 1. The summed E-state index contributed by atoms with van der Waals surface area (Å²) in [5, 5.41) is 2.83. The van der Waals surface area contributed by atoms with Crippen molar-refractivity contribution >= 4 is 33.2 Å². The van der Waals surface area contributed by atoms with Gasteiger partial charge in [0.1, 0.15) is 11.6 Å². The molecule has 3 aromatic rings. The van der Waals surface area contributed by atoms with E-state index in [9.17, 15) is 13.2 Å². The van der Waals surface area contributed by atoms with E-state index in [-0.39, 0.29) is 17.2 Å². The summed E-state index contributed by atoms with van der Waals surface area (Å²) in [6.07, 6.45) is 0.235. The van der Waals surface area contributed by atoms with Gasteiger partial charge in [-0.3, -0.25) is 4.79 Å². The van der Waals surface area contributed by atoms with Crippen LogP contribution in [0.5, 0.6) is 5.75 Å². The number of aromatic nitrogens is 2. The molecule has 0 aliphatic carbocycles. The minimum Gasteiger partial charge on any atom is -0.497 e. The van der Waals surface area contributed by atoms with Crippen LogP contribution in [0.4, 0.5) is 17.5 Å². The Hall–Kier alpha value is -3.66. The molecule has 10 heteroatoms. The maximum Gasteiger partial charge on any atom is 0.227 e. The highest BCUT2D eigenvalue weighted by molar-refractivity contribution is 7.92. The number of hydrogen-bond donors (Lipinski definition) is 1. The number of carbonyl (C=O) groups excluding carboxylic acids is 1. The third-order valence-corrected chi connectivity index (χ3v) is 8.52. The number of nitrogens with zero attached hydrogens (tertiary/aromatic N) is 4. The van der Waals surface area contributed by atoms with Crippen LogP contribution >= 0.6 is 0 Å². The molecule has 1 aliphatic rings. The van der Waals surface area contributed by atoms with Crippen LogP contribution in [-0.4, -0.2) is 67.7 Å². The Balaban J connectivity index is 1.35. The molecule has 0 bridgehead atoms. The molecular weight excluding hydrogens is 490 g/mol. The van der Waals surface area contributed by atoms with Gasteiger partial charge in [0.05, 0.1) is 23.7 Å². The van der Waals surface area contributed by atoms with E-state index in [1.807, 2.05) is 42.2 Å². The fourth-order valence-electron chi connectivity index (χ4n) is 4.09. The molecule has 0 radical (unpaired) electrons. The van der Waals surface area contributed by atoms with Gasteiger partial charge in [-0.1, -0.05) is 12.1 Å². The molecular formula is C27H33N5O4S. The number of anilines is 3. The number of hydrogen-bond acceptors (Lipinski definition) is 8. The van der Waals surface area contributed by atoms with Crippen molar-refractivity contribution in [1.29, 1.82) is 0 Å². The molecule has 1 saturated heterocycles. The molecule has 37 heavy (non-hydrogen) atoms. The van der Waals surface area contributed by atoms with Crippen molar-refractivity contribution < 1.29 is 17.9 Å². The maximum absolute atomic E-state index is 12.9. The molecule has 196 valence electrons. The lowest BCUT2D eigenvalue weighted by atomic mass is 10.1. The Kier molecular flexibility index (Phi) is 7.97. The number of benzene rings is 2. The van der Waals surface area contributed by atoms with Crippen molar-refractivity contribution in [3.63, 3.8) is 0 Å². The van der Waals surface area contributed by atoms with Crippen molar-refractivity contribution in [2.45, 2.75) is 37.3 Å². The Morgan fingerprint density at radius 2 is 1.65 bits per heavy atom. The smallest absolute Gasteiger partial charge is 0.227 e. The van der Waals surface area contributed by atoms with Gasteiger partial charge in [-0.15, -0.1) is 0 Å². The van der Waals surface area contributed by atoms with E-state index in [1.54, 1.807) is 45.2 Å². The lowest BCUT2D eigenvalue weighted by molar-refractivity contribution is -0.130. The number of ether oxygens (including phenoxy) is 1. The molecule has 9 nitrogen and oxygen atoms in total. The van der Waals surface area contributed by atoms with Crippen molar-refractivity contribution in [3.8, 4) is 5.75 Å². The Morgan fingerprint density at radius 1 is 1.00 bits per heavy atom. The van der Waals surface area contributed by atoms with Gasteiger partial charge < -0.3 is 19.9 Å². The second-order valence-corrected chi connectivity index (χ2v) is 11.8. The third-order valence-electron chi connectivity index (χ3n) is 6.35. The normalized spacial score (nSPS) is 14.1. The Morgan fingerprint density at radius 3 is 2.24 bits per heavy atom. The van der Waals surface area contributed by atoms with Crippen molar-refractivity contribution in [2.75, 3.05) is 43.5 Å². The zero-order chi connectivity index (χ0) is 26.6. The van der Waals surface area contributed by atoms with E-state index in [1.165, 1.54) is 0 Å². The third kappa shape index (κ3) is 6.37. The van der Waals surface area contributed by atoms with Crippen LogP contribution < -0.4 is 15.0 Å². The lowest BCUT2D eigenvalue weighted by Gasteiger charge is -2.35. The second kappa shape index (κ2) is 11.2. The average Bonchev–Trinajstić information content (AvgIpc) is 2.89. The number of piperazine rings is 1. The number of rotatable bonds is 8.